The zero-order valence-corrected chi connectivity index (χ0v) is 8.79. The summed E-state index contributed by atoms with van der Waals surface area (Å²) in [6, 6.07) is 10.1. The lowest BCUT2D eigenvalue weighted by Gasteiger charge is -2.11. The van der Waals surface area contributed by atoms with E-state index in [1.165, 1.54) is 4.90 Å². The Morgan fingerprint density at radius 1 is 1.36 bits per heavy atom. The van der Waals surface area contributed by atoms with Gasteiger partial charge in [0.05, 0.1) is 11.7 Å². The molecule has 0 aliphatic carbocycles. The molecule has 0 amide bonds. The van der Waals surface area contributed by atoms with E-state index in [1.807, 2.05) is 25.1 Å². The van der Waals surface area contributed by atoms with Gasteiger partial charge in [-0.15, -0.1) is 11.8 Å². The summed E-state index contributed by atoms with van der Waals surface area (Å²) in [7, 11) is 0. The average Bonchev–Trinajstić information content (AvgIpc) is 2.47. The summed E-state index contributed by atoms with van der Waals surface area (Å²) in [5.74, 6) is -0.0778. The summed E-state index contributed by atoms with van der Waals surface area (Å²) >= 11 is 1.72. The van der Waals surface area contributed by atoms with Crippen molar-refractivity contribution in [3.8, 4) is 0 Å². The molecule has 2 rings (SSSR count). The van der Waals surface area contributed by atoms with E-state index in [1.54, 1.807) is 11.8 Å². The van der Waals surface area contributed by atoms with Crippen LogP contribution in [0.25, 0.3) is 0 Å². The van der Waals surface area contributed by atoms with Gasteiger partial charge in [-0.25, -0.2) is 0 Å². The molecule has 0 aromatic heterocycles. The second-order valence-corrected chi connectivity index (χ2v) is 4.68. The number of carbonyl (C=O) groups is 1. The maximum Gasteiger partial charge on any atom is 0.307 e. The molecule has 1 aromatic rings. The van der Waals surface area contributed by atoms with Gasteiger partial charge in [0.1, 0.15) is 6.10 Å². The van der Waals surface area contributed by atoms with Crippen LogP contribution in [0.15, 0.2) is 35.2 Å². The molecule has 14 heavy (non-hydrogen) atoms. The number of esters is 1. The van der Waals surface area contributed by atoms with Gasteiger partial charge < -0.3 is 4.74 Å². The molecule has 0 spiro atoms. The molecule has 1 saturated heterocycles. The van der Waals surface area contributed by atoms with Crippen molar-refractivity contribution in [3.63, 3.8) is 0 Å². The van der Waals surface area contributed by atoms with Gasteiger partial charge >= 0.3 is 5.97 Å². The fourth-order valence-corrected chi connectivity index (χ4v) is 2.60. The van der Waals surface area contributed by atoms with Crippen LogP contribution in [0.3, 0.4) is 0 Å². The van der Waals surface area contributed by atoms with Crippen molar-refractivity contribution in [2.45, 2.75) is 29.6 Å². The molecule has 2 atom stereocenters. The number of benzene rings is 1. The van der Waals surface area contributed by atoms with E-state index < -0.39 is 0 Å². The number of cyclic esters (lactones) is 1. The summed E-state index contributed by atoms with van der Waals surface area (Å²) in [5.41, 5.74) is 0. The molecular formula is C11H12O2S. The van der Waals surface area contributed by atoms with Crippen LogP contribution in [0.2, 0.25) is 0 Å². The van der Waals surface area contributed by atoms with Gasteiger partial charge in [-0.3, -0.25) is 4.79 Å². The molecule has 0 bridgehead atoms. The number of carbonyl (C=O) groups excluding carboxylic acids is 1. The molecule has 1 aliphatic heterocycles. The van der Waals surface area contributed by atoms with Crippen molar-refractivity contribution < 1.29 is 9.53 Å². The molecule has 3 heteroatoms. The third-order valence-electron chi connectivity index (χ3n) is 2.24. The molecule has 1 heterocycles. The Morgan fingerprint density at radius 2 is 2.07 bits per heavy atom. The maximum atomic E-state index is 11.0. The summed E-state index contributed by atoms with van der Waals surface area (Å²) in [6.45, 7) is 1.95. The highest BCUT2D eigenvalue weighted by Crippen LogP contribution is 2.32. The molecule has 0 unspecified atom stereocenters. The summed E-state index contributed by atoms with van der Waals surface area (Å²) in [6.07, 6.45) is 0.563. The van der Waals surface area contributed by atoms with Crippen LogP contribution >= 0.6 is 11.8 Å². The molecular weight excluding hydrogens is 196 g/mol. The SMILES string of the molecule is C[C@H]1OC(=O)C[C@H]1Sc1ccccc1. The Morgan fingerprint density at radius 3 is 2.64 bits per heavy atom. The third-order valence-corrected chi connectivity index (χ3v) is 3.64. The zero-order valence-electron chi connectivity index (χ0n) is 7.97. The van der Waals surface area contributed by atoms with Crippen LogP contribution in [0.1, 0.15) is 13.3 Å². The van der Waals surface area contributed by atoms with Crippen LogP contribution in [0, 0.1) is 0 Å². The summed E-state index contributed by atoms with van der Waals surface area (Å²) in [4.78, 5) is 12.2. The number of ether oxygens (including phenoxy) is 1. The van der Waals surface area contributed by atoms with Crippen LogP contribution in [-0.4, -0.2) is 17.3 Å². The Labute approximate surface area is 87.6 Å². The lowest BCUT2D eigenvalue weighted by atomic mass is 10.2. The van der Waals surface area contributed by atoms with E-state index >= 15 is 0 Å². The topological polar surface area (TPSA) is 26.3 Å². The predicted molar refractivity (Wildman–Crippen MR) is 56.3 cm³/mol. The monoisotopic (exact) mass is 208 g/mol. The molecule has 1 aliphatic rings. The normalized spacial score (nSPS) is 26.2. The van der Waals surface area contributed by atoms with E-state index in [4.69, 9.17) is 4.74 Å². The highest BCUT2D eigenvalue weighted by Gasteiger charge is 2.31. The summed E-state index contributed by atoms with van der Waals surface area (Å²) < 4.78 is 5.09. The number of hydrogen-bond donors (Lipinski definition) is 0. The zero-order chi connectivity index (χ0) is 9.97. The van der Waals surface area contributed by atoms with Crippen molar-refractivity contribution >= 4 is 17.7 Å². The molecule has 1 fully saturated rings. The van der Waals surface area contributed by atoms with Gasteiger partial charge in [0, 0.05) is 4.90 Å². The minimum absolute atomic E-state index is 0.0349. The number of hydrogen-bond acceptors (Lipinski definition) is 3. The van der Waals surface area contributed by atoms with E-state index in [-0.39, 0.29) is 17.3 Å². The molecule has 0 saturated carbocycles. The Balaban J connectivity index is 2.02. The minimum Gasteiger partial charge on any atom is -0.461 e. The highest BCUT2D eigenvalue weighted by atomic mass is 32.2. The van der Waals surface area contributed by atoms with Crippen molar-refractivity contribution in [1.29, 1.82) is 0 Å². The largest absolute Gasteiger partial charge is 0.461 e. The van der Waals surface area contributed by atoms with Gasteiger partial charge in [0.15, 0.2) is 0 Å². The number of thioether (sulfide) groups is 1. The number of rotatable bonds is 2. The quantitative estimate of drug-likeness (QED) is 0.698. The van der Waals surface area contributed by atoms with Crippen LogP contribution in [0.4, 0.5) is 0 Å². The maximum absolute atomic E-state index is 11.0. The van der Waals surface area contributed by atoms with Crippen molar-refractivity contribution in [3.05, 3.63) is 30.3 Å². The van der Waals surface area contributed by atoms with E-state index in [2.05, 4.69) is 12.1 Å². The Bertz CT molecular complexity index is 323. The fraction of sp³-hybridized carbons (Fsp3) is 0.364. The second-order valence-electron chi connectivity index (χ2n) is 3.37. The van der Waals surface area contributed by atoms with E-state index in [9.17, 15) is 4.79 Å². The molecule has 0 N–H and O–H groups in total. The Kier molecular flexibility index (Phi) is 2.77. The molecule has 74 valence electrons. The lowest BCUT2D eigenvalue weighted by molar-refractivity contribution is -0.140. The predicted octanol–water partition coefficient (Wildman–Crippen LogP) is 2.48. The lowest BCUT2D eigenvalue weighted by Crippen LogP contribution is -2.12. The second kappa shape index (κ2) is 4.05. The van der Waals surface area contributed by atoms with Crippen LogP contribution < -0.4 is 0 Å². The van der Waals surface area contributed by atoms with Gasteiger partial charge in [0.2, 0.25) is 0 Å². The van der Waals surface area contributed by atoms with Gasteiger partial charge in [-0.2, -0.15) is 0 Å². The van der Waals surface area contributed by atoms with Crippen molar-refractivity contribution in [1.82, 2.24) is 0 Å². The van der Waals surface area contributed by atoms with Crippen molar-refractivity contribution in [2.75, 3.05) is 0 Å². The molecule has 1 aromatic carbocycles. The third kappa shape index (κ3) is 2.10. The minimum atomic E-state index is -0.0778. The Hall–Kier alpha value is -0.960. The van der Waals surface area contributed by atoms with Gasteiger partial charge in [0.25, 0.3) is 0 Å². The van der Waals surface area contributed by atoms with Gasteiger partial charge in [-0.05, 0) is 19.1 Å². The van der Waals surface area contributed by atoms with E-state index in [0.29, 0.717) is 6.42 Å². The first-order valence-electron chi connectivity index (χ1n) is 4.67. The van der Waals surface area contributed by atoms with Crippen molar-refractivity contribution in [2.24, 2.45) is 0 Å². The smallest absolute Gasteiger partial charge is 0.307 e. The molecule has 2 nitrogen and oxygen atoms in total. The standard InChI is InChI=1S/C11H12O2S/c1-8-10(7-11(12)13-8)14-9-5-3-2-4-6-9/h2-6,8,10H,7H2,1H3/t8-,10-/m1/s1. The first-order valence-corrected chi connectivity index (χ1v) is 5.55. The molecule has 0 radical (unpaired) electrons. The first kappa shape index (κ1) is 9.59. The first-order chi connectivity index (χ1) is 6.75. The van der Waals surface area contributed by atoms with E-state index in [0.717, 1.165) is 0 Å². The van der Waals surface area contributed by atoms with Crippen LogP contribution in [0.5, 0.6) is 0 Å². The van der Waals surface area contributed by atoms with Crippen LogP contribution in [-0.2, 0) is 9.53 Å². The average molecular weight is 208 g/mol. The van der Waals surface area contributed by atoms with Gasteiger partial charge in [-0.1, -0.05) is 18.2 Å². The summed E-state index contributed by atoms with van der Waals surface area (Å²) in [5, 5.41) is 0.268. The fourth-order valence-electron chi connectivity index (χ4n) is 1.47. The highest BCUT2D eigenvalue weighted by molar-refractivity contribution is 8.00.